The first-order valence-corrected chi connectivity index (χ1v) is 9.98. The van der Waals surface area contributed by atoms with E-state index in [1.54, 1.807) is 13.0 Å². The number of benzene rings is 1. The zero-order valence-electron chi connectivity index (χ0n) is 17.1. The number of ketones is 1. The van der Waals surface area contributed by atoms with Crippen molar-refractivity contribution in [1.82, 2.24) is 9.13 Å². The van der Waals surface area contributed by atoms with Gasteiger partial charge in [0.2, 0.25) is 6.79 Å². The Morgan fingerprint density at radius 1 is 1.12 bits per heavy atom. The van der Waals surface area contributed by atoms with Crippen LogP contribution in [0, 0.1) is 13.8 Å². The Morgan fingerprint density at radius 2 is 1.84 bits per heavy atom. The maximum absolute atomic E-state index is 13.1. The zero-order chi connectivity index (χ0) is 23.2. The van der Waals surface area contributed by atoms with E-state index in [0.717, 1.165) is 11.3 Å². The molecule has 4 rings (SSSR count). The number of aromatic nitrogens is 2. The van der Waals surface area contributed by atoms with Gasteiger partial charge in [0.15, 0.2) is 17.3 Å². The fourth-order valence-corrected chi connectivity index (χ4v) is 3.89. The Morgan fingerprint density at radius 3 is 2.56 bits per heavy atom. The molecule has 3 aromatic rings. The van der Waals surface area contributed by atoms with Crippen molar-refractivity contribution >= 4 is 17.4 Å². The van der Waals surface area contributed by atoms with E-state index in [-0.39, 0.29) is 6.79 Å². The summed E-state index contributed by atoms with van der Waals surface area (Å²) in [6.07, 6.45) is -4.08. The van der Waals surface area contributed by atoms with Crippen LogP contribution in [0.2, 0.25) is 5.02 Å². The predicted molar refractivity (Wildman–Crippen MR) is 111 cm³/mol. The van der Waals surface area contributed by atoms with E-state index in [1.165, 1.54) is 0 Å². The van der Waals surface area contributed by atoms with Crippen LogP contribution < -0.4 is 15.0 Å². The van der Waals surface area contributed by atoms with Gasteiger partial charge in [0.05, 0.1) is 12.1 Å². The third-order valence-electron chi connectivity index (χ3n) is 5.34. The lowest BCUT2D eigenvalue weighted by atomic mass is 10.1. The van der Waals surface area contributed by atoms with Crippen LogP contribution in [-0.4, -0.2) is 21.7 Å². The molecule has 32 heavy (non-hydrogen) atoms. The van der Waals surface area contributed by atoms with Gasteiger partial charge < -0.3 is 18.6 Å². The molecular weight excluding hydrogens is 449 g/mol. The lowest BCUT2D eigenvalue weighted by molar-refractivity contribution is -0.138. The van der Waals surface area contributed by atoms with Crippen LogP contribution in [0.25, 0.3) is 0 Å². The highest BCUT2D eigenvalue weighted by Crippen LogP contribution is 2.33. The molecule has 0 saturated carbocycles. The van der Waals surface area contributed by atoms with Gasteiger partial charge in [-0.05, 0) is 43.7 Å². The molecule has 0 atom stereocenters. The summed E-state index contributed by atoms with van der Waals surface area (Å²) in [5.41, 5.74) is 0.721. The first-order chi connectivity index (χ1) is 15.0. The Labute approximate surface area is 185 Å². The van der Waals surface area contributed by atoms with Gasteiger partial charge in [-0.2, -0.15) is 13.2 Å². The molecular formula is C22H18ClF3N2O4. The molecule has 3 heterocycles. The molecule has 0 unspecified atom stereocenters. The van der Waals surface area contributed by atoms with E-state index in [9.17, 15) is 22.8 Å². The number of Topliss-reactive ketones (excluding diaryl/α,β-unsaturated/α-hetero) is 1. The zero-order valence-corrected chi connectivity index (χ0v) is 17.9. The summed E-state index contributed by atoms with van der Waals surface area (Å²) in [4.78, 5) is 25.1. The van der Waals surface area contributed by atoms with Crippen LogP contribution in [0.3, 0.4) is 0 Å². The minimum Gasteiger partial charge on any atom is -0.454 e. The molecule has 0 N–H and O–H groups in total. The molecule has 1 aliphatic rings. The fraction of sp³-hybridized carbons (Fsp3) is 0.273. The average Bonchev–Trinajstić information content (AvgIpc) is 3.29. The van der Waals surface area contributed by atoms with Gasteiger partial charge in [-0.1, -0.05) is 17.7 Å². The van der Waals surface area contributed by atoms with E-state index < -0.39 is 34.6 Å². The third kappa shape index (κ3) is 4.12. The second kappa shape index (κ2) is 8.05. The smallest absolute Gasteiger partial charge is 0.417 e. The second-order valence-electron chi connectivity index (χ2n) is 7.49. The monoisotopic (exact) mass is 466 g/mol. The van der Waals surface area contributed by atoms with E-state index in [4.69, 9.17) is 21.1 Å². The lowest BCUT2D eigenvalue weighted by Crippen LogP contribution is -2.26. The highest BCUT2D eigenvalue weighted by molar-refractivity contribution is 6.30. The molecule has 0 spiro atoms. The number of hydrogen-bond donors (Lipinski definition) is 0. The van der Waals surface area contributed by atoms with Gasteiger partial charge in [0.25, 0.3) is 5.56 Å². The molecule has 0 bridgehead atoms. The second-order valence-corrected chi connectivity index (χ2v) is 7.90. The summed E-state index contributed by atoms with van der Waals surface area (Å²) in [6, 6.07) is 7.76. The number of hydrogen-bond acceptors (Lipinski definition) is 4. The lowest BCUT2D eigenvalue weighted by Gasteiger charge is -2.12. The summed E-state index contributed by atoms with van der Waals surface area (Å²) in [5.74, 6) is 0.811. The summed E-state index contributed by atoms with van der Waals surface area (Å²) in [7, 11) is 0. The van der Waals surface area contributed by atoms with Crippen molar-refractivity contribution in [2.45, 2.75) is 33.1 Å². The molecule has 0 amide bonds. The fourth-order valence-electron chi connectivity index (χ4n) is 3.66. The number of nitrogens with zero attached hydrogens (tertiary/aromatic N) is 2. The first kappa shape index (κ1) is 22.0. The minimum absolute atomic E-state index is 0.165. The van der Waals surface area contributed by atoms with Crippen LogP contribution in [0.15, 0.2) is 41.3 Å². The van der Waals surface area contributed by atoms with Crippen molar-refractivity contribution in [1.29, 1.82) is 0 Å². The van der Waals surface area contributed by atoms with Crippen LogP contribution in [0.4, 0.5) is 13.2 Å². The number of aryl methyl sites for hydroxylation is 1. The number of carbonyl (C=O) groups is 1. The molecule has 1 aliphatic heterocycles. The molecule has 0 radical (unpaired) electrons. The van der Waals surface area contributed by atoms with Crippen molar-refractivity contribution in [3.8, 4) is 11.5 Å². The largest absolute Gasteiger partial charge is 0.454 e. The van der Waals surface area contributed by atoms with E-state index in [1.807, 2.05) is 29.7 Å². The van der Waals surface area contributed by atoms with Gasteiger partial charge in [0.1, 0.15) is 5.02 Å². The SMILES string of the molecule is Cc1cc(C(=O)Cn2cc(C(F)(F)F)cc(Cl)c2=O)c(C)n1Cc1ccc2c(c1)OCO2. The van der Waals surface area contributed by atoms with Crippen molar-refractivity contribution < 1.29 is 27.4 Å². The third-order valence-corrected chi connectivity index (χ3v) is 5.61. The molecule has 1 aromatic carbocycles. The quantitative estimate of drug-likeness (QED) is 0.516. The van der Waals surface area contributed by atoms with Crippen LogP contribution >= 0.6 is 11.6 Å². The topological polar surface area (TPSA) is 62.5 Å². The number of pyridine rings is 1. The normalized spacial score (nSPS) is 12.9. The Bertz CT molecular complexity index is 1280. The average molecular weight is 467 g/mol. The Kier molecular flexibility index (Phi) is 5.54. The summed E-state index contributed by atoms with van der Waals surface area (Å²) >= 11 is 5.68. The van der Waals surface area contributed by atoms with Crippen LogP contribution in [0.1, 0.15) is 32.9 Å². The maximum Gasteiger partial charge on any atom is 0.417 e. The molecule has 0 fully saturated rings. The van der Waals surface area contributed by atoms with Gasteiger partial charge in [-0.3, -0.25) is 9.59 Å². The number of carbonyl (C=O) groups excluding carboxylic acids is 1. The van der Waals surface area contributed by atoms with Gasteiger partial charge in [0, 0.05) is 29.7 Å². The number of ether oxygens (including phenoxy) is 2. The number of rotatable bonds is 5. The molecule has 0 saturated heterocycles. The molecule has 0 aliphatic carbocycles. The minimum atomic E-state index is -4.69. The van der Waals surface area contributed by atoms with E-state index in [0.29, 0.717) is 46.1 Å². The highest BCUT2D eigenvalue weighted by Gasteiger charge is 2.32. The number of alkyl halides is 3. The van der Waals surface area contributed by atoms with E-state index in [2.05, 4.69) is 0 Å². The standard InChI is InChI=1S/C22H18ClF3N2O4/c1-12-5-16(13(2)28(12)8-14-3-4-19-20(6-14)32-11-31-19)18(29)10-27-9-15(22(24,25)26)7-17(23)21(27)30/h3-7,9H,8,10-11H2,1-2H3. The van der Waals surface area contributed by atoms with Crippen LogP contribution in [-0.2, 0) is 19.3 Å². The Hall–Kier alpha value is -3.20. The summed E-state index contributed by atoms with van der Waals surface area (Å²) in [5, 5.41) is -0.596. The highest BCUT2D eigenvalue weighted by atomic mass is 35.5. The summed E-state index contributed by atoms with van der Waals surface area (Å²) in [6.45, 7) is 3.63. The number of halogens is 4. The summed E-state index contributed by atoms with van der Waals surface area (Å²) < 4.78 is 52.5. The van der Waals surface area contributed by atoms with Gasteiger partial charge >= 0.3 is 6.18 Å². The van der Waals surface area contributed by atoms with Crippen molar-refractivity contribution in [3.63, 3.8) is 0 Å². The molecule has 2 aromatic heterocycles. The molecule has 10 heteroatoms. The van der Waals surface area contributed by atoms with E-state index >= 15 is 0 Å². The van der Waals surface area contributed by atoms with Crippen LogP contribution in [0.5, 0.6) is 11.5 Å². The molecule has 168 valence electrons. The van der Waals surface area contributed by atoms with Crippen molar-refractivity contribution in [2.75, 3.05) is 6.79 Å². The first-order valence-electron chi connectivity index (χ1n) is 9.60. The van der Waals surface area contributed by atoms with Gasteiger partial charge in [-0.25, -0.2) is 0 Å². The Balaban J connectivity index is 1.61. The molecule has 6 nitrogen and oxygen atoms in total. The predicted octanol–water partition coefficient (Wildman–Crippen LogP) is 4.60. The maximum atomic E-state index is 13.1. The van der Waals surface area contributed by atoms with Crippen molar-refractivity contribution in [2.24, 2.45) is 0 Å². The van der Waals surface area contributed by atoms with Gasteiger partial charge in [-0.15, -0.1) is 0 Å². The van der Waals surface area contributed by atoms with Crippen molar-refractivity contribution in [3.05, 3.63) is 80.0 Å². The number of fused-ring (bicyclic) bond motifs is 1.